The number of hydrogen-bond donors (Lipinski definition) is 1. The maximum Gasteiger partial charge on any atom is 0.123 e. The number of aromatic nitrogens is 2. The zero-order chi connectivity index (χ0) is 12.1. The van der Waals surface area contributed by atoms with E-state index < -0.39 is 0 Å². The summed E-state index contributed by atoms with van der Waals surface area (Å²) in [4.78, 5) is 0. The lowest BCUT2D eigenvalue weighted by molar-refractivity contribution is 0.624. The molecule has 2 rings (SSSR count). The zero-order valence-electron chi connectivity index (χ0n) is 9.23. The van der Waals surface area contributed by atoms with Crippen molar-refractivity contribution in [3.8, 4) is 11.8 Å². The second kappa shape index (κ2) is 5.28. The molecule has 2 aromatic rings. The van der Waals surface area contributed by atoms with Crippen LogP contribution in [0, 0.1) is 17.7 Å². The van der Waals surface area contributed by atoms with Gasteiger partial charge >= 0.3 is 0 Å². The van der Waals surface area contributed by atoms with Crippen LogP contribution < -0.4 is 5.73 Å². The molecule has 0 spiro atoms. The van der Waals surface area contributed by atoms with Gasteiger partial charge in [0.2, 0.25) is 0 Å². The summed E-state index contributed by atoms with van der Waals surface area (Å²) in [5.41, 5.74) is 7.11. The van der Waals surface area contributed by atoms with Gasteiger partial charge in [-0.25, -0.2) is 4.39 Å². The predicted octanol–water partition coefficient (Wildman–Crippen LogP) is 1.38. The van der Waals surface area contributed by atoms with Crippen molar-refractivity contribution < 1.29 is 4.39 Å². The van der Waals surface area contributed by atoms with Gasteiger partial charge in [-0.3, -0.25) is 4.68 Å². The summed E-state index contributed by atoms with van der Waals surface area (Å²) < 4.78 is 14.5. The van der Waals surface area contributed by atoms with Gasteiger partial charge in [0.05, 0.1) is 24.8 Å². The van der Waals surface area contributed by atoms with E-state index in [0.29, 0.717) is 13.1 Å². The van der Waals surface area contributed by atoms with Gasteiger partial charge in [0.1, 0.15) is 5.82 Å². The van der Waals surface area contributed by atoms with E-state index in [4.69, 9.17) is 5.73 Å². The van der Waals surface area contributed by atoms with Gasteiger partial charge in [-0.15, -0.1) is 0 Å². The van der Waals surface area contributed by atoms with E-state index in [1.165, 1.54) is 12.1 Å². The first-order chi connectivity index (χ1) is 8.28. The number of hydrogen-bond acceptors (Lipinski definition) is 2. The Morgan fingerprint density at radius 1 is 1.29 bits per heavy atom. The molecular weight excluding hydrogens is 217 g/mol. The molecule has 1 aromatic carbocycles. The second-order valence-corrected chi connectivity index (χ2v) is 3.56. The Bertz CT molecular complexity index is 546. The molecule has 0 aliphatic rings. The highest BCUT2D eigenvalue weighted by molar-refractivity contribution is 5.30. The number of halogens is 1. The van der Waals surface area contributed by atoms with Crippen molar-refractivity contribution in [1.82, 2.24) is 9.78 Å². The van der Waals surface area contributed by atoms with Crippen molar-refractivity contribution in [1.29, 1.82) is 0 Å². The van der Waals surface area contributed by atoms with Gasteiger partial charge in [0.25, 0.3) is 0 Å². The molecule has 0 bridgehead atoms. The highest BCUT2D eigenvalue weighted by atomic mass is 19.1. The molecule has 0 unspecified atom stereocenters. The summed E-state index contributed by atoms with van der Waals surface area (Å²) in [5.74, 6) is 5.43. The Labute approximate surface area is 99.1 Å². The minimum atomic E-state index is -0.233. The largest absolute Gasteiger partial charge is 0.320 e. The molecular formula is C13H12FN3. The normalized spacial score (nSPS) is 9.76. The predicted molar refractivity (Wildman–Crippen MR) is 63.7 cm³/mol. The van der Waals surface area contributed by atoms with Crippen LogP contribution in [0.5, 0.6) is 0 Å². The van der Waals surface area contributed by atoms with Gasteiger partial charge in [-0.1, -0.05) is 24.0 Å². The summed E-state index contributed by atoms with van der Waals surface area (Å²) in [7, 11) is 0. The molecule has 1 heterocycles. The maximum atomic E-state index is 12.7. The van der Waals surface area contributed by atoms with Gasteiger partial charge in [-0.05, 0) is 17.7 Å². The Balaban J connectivity index is 2.08. The highest BCUT2D eigenvalue weighted by Crippen LogP contribution is 2.05. The molecule has 86 valence electrons. The fourth-order valence-corrected chi connectivity index (χ4v) is 1.44. The van der Waals surface area contributed by atoms with Crippen LogP contribution in [0.3, 0.4) is 0 Å². The van der Waals surface area contributed by atoms with E-state index in [1.807, 2.05) is 6.20 Å². The smallest absolute Gasteiger partial charge is 0.123 e. The van der Waals surface area contributed by atoms with Crippen LogP contribution in [0.15, 0.2) is 36.7 Å². The van der Waals surface area contributed by atoms with Crippen LogP contribution >= 0.6 is 0 Å². The standard InChI is InChI=1S/C13H12FN3/c14-13-5-3-11(4-6-13)9-17-10-12(8-16-17)2-1-7-15/h3-6,8,10H,7,9,15H2. The van der Waals surface area contributed by atoms with E-state index in [2.05, 4.69) is 16.9 Å². The molecule has 0 atom stereocenters. The first kappa shape index (κ1) is 11.4. The molecule has 0 fully saturated rings. The quantitative estimate of drug-likeness (QED) is 0.791. The van der Waals surface area contributed by atoms with Crippen molar-refractivity contribution in [2.75, 3.05) is 6.54 Å². The lowest BCUT2D eigenvalue weighted by atomic mass is 10.2. The minimum absolute atomic E-state index is 0.233. The lowest BCUT2D eigenvalue weighted by Crippen LogP contribution is -1.99. The van der Waals surface area contributed by atoms with Crippen LogP contribution in [0.2, 0.25) is 0 Å². The zero-order valence-corrected chi connectivity index (χ0v) is 9.23. The number of rotatable bonds is 2. The summed E-state index contributed by atoms with van der Waals surface area (Å²) >= 11 is 0. The lowest BCUT2D eigenvalue weighted by Gasteiger charge is -2.00. The summed E-state index contributed by atoms with van der Waals surface area (Å²) in [6, 6.07) is 6.35. The van der Waals surface area contributed by atoms with Gasteiger partial charge in [0.15, 0.2) is 0 Å². The Hall–Kier alpha value is -2.12. The summed E-state index contributed by atoms with van der Waals surface area (Å²) in [6.45, 7) is 0.938. The fraction of sp³-hybridized carbons (Fsp3) is 0.154. The third-order valence-corrected chi connectivity index (χ3v) is 2.23. The Morgan fingerprint density at radius 3 is 2.76 bits per heavy atom. The fourth-order valence-electron chi connectivity index (χ4n) is 1.44. The molecule has 1 aromatic heterocycles. The maximum absolute atomic E-state index is 12.7. The molecule has 0 amide bonds. The molecule has 0 radical (unpaired) electrons. The van der Waals surface area contributed by atoms with Crippen molar-refractivity contribution >= 4 is 0 Å². The second-order valence-electron chi connectivity index (χ2n) is 3.56. The van der Waals surface area contributed by atoms with Crippen molar-refractivity contribution in [2.45, 2.75) is 6.54 Å². The van der Waals surface area contributed by atoms with Gasteiger partial charge in [0, 0.05) is 6.20 Å². The first-order valence-electron chi connectivity index (χ1n) is 5.24. The van der Waals surface area contributed by atoms with Crippen LogP contribution in [-0.2, 0) is 6.54 Å². The van der Waals surface area contributed by atoms with Crippen LogP contribution in [0.4, 0.5) is 4.39 Å². The molecule has 3 nitrogen and oxygen atoms in total. The van der Waals surface area contributed by atoms with Crippen molar-refractivity contribution in [3.05, 3.63) is 53.6 Å². The summed E-state index contributed by atoms with van der Waals surface area (Å²) in [6.07, 6.45) is 3.53. The third kappa shape index (κ3) is 3.16. The topological polar surface area (TPSA) is 43.8 Å². The molecule has 4 heteroatoms. The number of benzene rings is 1. The van der Waals surface area contributed by atoms with E-state index in [0.717, 1.165) is 11.1 Å². The molecule has 0 saturated heterocycles. The monoisotopic (exact) mass is 229 g/mol. The van der Waals surface area contributed by atoms with Crippen LogP contribution in [0.25, 0.3) is 0 Å². The average Bonchev–Trinajstić information content (AvgIpc) is 2.77. The van der Waals surface area contributed by atoms with Crippen LogP contribution in [-0.4, -0.2) is 16.3 Å². The Morgan fingerprint density at radius 2 is 2.06 bits per heavy atom. The van der Waals surface area contributed by atoms with Crippen molar-refractivity contribution in [2.24, 2.45) is 5.73 Å². The molecule has 0 aliphatic carbocycles. The van der Waals surface area contributed by atoms with E-state index in [9.17, 15) is 4.39 Å². The van der Waals surface area contributed by atoms with Gasteiger partial charge in [-0.2, -0.15) is 5.10 Å². The third-order valence-electron chi connectivity index (χ3n) is 2.23. The number of nitrogens with zero attached hydrogens (tertiary/aromatic N) is 2. The van der Waals surface area contributed by atoms with Gasteiger partial charge < -0.3 is 5.73 Å². The SMILES string of the molecule is NCC#Cc1cnn(Cc2ccc(F)cc2)c1. The highest BCUT2D eigenvalue weighted by Gasteiger charge is 1.98. The van der Waals surface area contributed by atoms with E-state index in [1.54, 1.807) is 23.0 Å². The first-order valence-corrected chi connectivity index (χ1v) is 5.24. The minimum Gasteiger partial charge on any atom is -0.320 e. The molecule has 0 saturated carbocycles. The average molecular weight is 229 g/mol. The molecule has 0 aliphatic heterocycles. The van der Waals surface area contributed by atoms with Crippen LogP contribution in [0.1, 0.15) is 11.1 Å². The summed E-state index contributed by atoms with van der Waals surface area (Å²) in [5, 5.41) is 4.17. The Kier molecular flexibility index (Phi) is 3.53. The van der Waals surface area contributed by atoms with E-state index in [-0.39, 0.29) is 5.82 Å². The van der Waals surface area contributed by atoms with Crippen molar-refractivity contribution in [3.63, 3.8) is 0 Å². The number of nitrogens with two attached hydrogens (primary N) is 1. The molecule has 2 N–H and O–H groups in total. The van der Waals surface area contributed by atoms with E-state index >= 15 is 0 Å². The molecule has 17 heavy (non-hydrogen) atoms.